The lowest BCUT2D eigenvalue weighted by Crippen LogP contribution is -2.54. The van der Waals surface area contributed by atoms with E-state index in [2.05, 4.69) is 0 Å². The Bertz CT molecular complexity index is 859. The largest absolute Gasteiger partial charge is 0.508 e. The summed E-state index contributed by atoms with van der Waals surface area (Å²) in [5.41, 5.74) is 6.75. The number of ether oxygens (including phenoxy) is 1. The van der Waals surface area contributed by atoms with E-state index in [9.17, 15) is 19.5 Å². The summed E-state index contributed by atoms with van der Waals surface area (Å²) in [7, 11) is 0. The van der Waals surface area contributed by atoms with Gasteiger partial charge in [0, 0.05) is 6.42 Å². The molecule has 0 saturated carbocycles. The number of aromatic hydroxyl groups is 1. The van der Waals surface area contributed by atoms with Crippen LogP contribution in [0.4, 0.5) is 4.79 Å². The number of phenols is 1. The highest BCUT2D eigenvalue weighted by Gasteiger charge is 2.36. The first kappa shape index (κ1) is 23.1. The third kappa shape index (κ3) is 6.70. The Morgan fingerprint density at radius 2 is 1.60 bits per heavy atom. The molecule has 160 valence electrons. The Hall–Kier alpha value is -3.19. The average molecular weight is 412 g/mol. The first-order chi connectivity index (χ1) is 14.1. The first-order valence-corrected chi connectivity index (χ1v) is 9.69. The molecule has 2 rings (SSSR count). The molecule has 7 heteroatoms. The van der Waals surface area contributed by atoms with E-state index in [0.717, 1.165) is 10.5 Å². The Balaban J connectivity index is 2.28. The number of benzene rings is 2. The maximum absolute atomic E-state index is 13.1. The van der Waals surface area contributed by atoms with Gasteiger partial charge in [-0.05, 0) is 50.5 Å². The Kier molecular flexibility index (Phi) is 7.72. The lowest BCUT2D eigenvalue weighted by molar-refractivity contribution is -0.136. The van der Waals surface area contributed by atoms with Crippen molar-refractivity contribution in [2.45, 2.75) is 51.3 Å². The van der Waals surface area contributed by atoms with E-state index in [1.54, 1.807) is 32.9 Å². The molecule has 0 aliphatic heterocycles. The maximum atomic E-state index is 13.1. The second-order valence-electron chi connectivity index (χ2n) is 8.06. The molecule has 2 amide bonds. The van der Waals surface area contributed by atoms with Crippen LogP contribution in [-0.4, -0.2) is 46.0 Å². The molecule has 0 aliphatic rings. The Labute approximate surface area is 176 Å². The zero-order valence-corrected chi connectivity index (χ0v) is 17.4. The fraction of sp³-hybridized carbons (Fsp3) is 0.348. The van der Waals surface area contributed by atoms with Crippen LogP contribution in [0.1, 0.15) is 31.9 Å². The molecule has 2 aromatic rings. The molecule has 0 bridgehead atoms. The molecule has 0 saturated heterocycles. The van der Waals surface area contributed by atoms with Gasteiger partial charge in [0.2, 0.25) is 5.91 Å². The third-order valence-electron chi connectivity index (χ3n) is 4.31. The van der Waals surface area contributed by atoms with Crippen molar-refractivity contribution in [1.82, 2.24) is 4.90 Å². The van der Waals surface area contributed by atoms with Crippen molar-refractivity contribution in [3.05, 3.63) is 65.7 Å². The molecular formula is C23H28N2O5. The molecule has 30 heavy (non-hydrogen) atoms. The smallest absolute Gasteiger partial charge is 0.417 e. The van der Waals surface area contributed by atoms with Gasteiger partial charge in [0.25, 0.3) is 0 Å². The van der Waals surface area contributed by atoms with Crippen molar-refractivity contribution in [2.24, 2.45) is 5.73 Å². The van der Waals surface area contributed by atoms with Crippen LogP contribution in [0.3, 0.4) is 0 Å². The van der Waals surface area contributed by atoms with Crippen LogP contribution in [0, 0.1) is 0 Å². The number of hydrogen-bond donors (Lipinski definition) is 2. The van der Waals surface area contributed by atoms with E-state index < -0.39 is 29.7 Å². The number of phenolic OH excluding ortho intramolecular Hbond substituents is 1. The molecule has 3 N–H and O–H groups in total. The van der Waals surface area contributed by atoms with Crippen LogP contribution in [-0.2, 0) is 27.2 Å². The van der Waals surface area contributed by atoms with E-state index in [1.807, 2.05) is 30.3 Å². The van der Waals surface area contributed by atoms with E-state index in [-0.39, 0.29) is 18.6 Å². The molecule has 0 aromatic heterocycles. The topological polar surface area (TPSA) is 110 Å². The van der Waals surface area contributed by atoms with Gasteiger partial charge in [0.1, 0.15) is 23.7 Å². The van der Waals surface area contributed by atoms with E-state index in [4.69, 9.17) is 10.5 Å². The number of amides is 2. The standard InChI is InChI=1S/C23H28N2O5/c1-23(2,3)30-22(29)25(18(15-26)13-16-7-5-4-6-8-16)21(28)20(24)14-17-9-11-19(27)12-10-17/h4-12,15,18,20,27H,13-14,24H2,1-3H3/t18-,20+/m1/s1. The molecule has 2 aromatic carbocycles. The van der Waals surface area contributed by atoms with Crippen LogP contribution in [0.15, 0.2) is 54.6 Å². The summed E-state index contributed by atoms with van der Waals surface area (Å²) in [6, 6.07) is 13.2. The van der Waals surface area contributed by atoms with Crippen LogP contribution in [0.5, 0.6) is 5.75 Å². The van der Waals surface area contributed by atoms with Crippen LogP contribution in [0.2, 0.25) is 0 Å². The number of nitrogens with zero attached hydrogens (tertiary/aromatic N) is 1. The van der Waals surface area contributed by atoms with Gasteiger partial charge in [-0.25, -0.2) is 9.69 Å². The van der Waals surface area contributed by atoms with Crippen LogP contribution in [0.25, 0.3) is 0 Å². The number of aldehydes is 1. The summed E-state index contributed by atoms with van der Waals surface area (Å²) in [5.74, 6) is -0.608. The minimum absolute atomic E-state index is 0.0953. The summed E-state index contributed by atoms with van der Waals surface area (Å²) >= 11 is 0. The van der Waals surface area contributed by atoms with Crippen LogP contribution < -0.4 is 5.73 Å². The number of hydrogen-bond acceptors (Lipinski definition) is 6. The molecule has 0 spiro atoms. The fourth-order valence-corrected chi connectivity index (χ4v) is 2.91. The molecule has 0 heterocycles. The fourth-order valence-electron chi connectivity index (χ4n) is 2.91. The van der Waals surface area contributed by atoms with E-state index in [0.29, 0.717) is 11.8 Å². The molecule has 7 nitrogen and oxygen atoms in total. The lowest BCUT2D eigenvalue weighted by Gasteiger charge is -2.31. The molecule has 2 atom stereocenters. The normalized spacial score (nSPS) is 13.2. The van der Waals surface area contributed by atoms with Gasteiger partial charge in [-0.1, -0.05) is 42.5 Å². The average Bonchev–Trinajstić information content (AvgIpc) is 2.68. The van der Waals surface area contributed by atoms with Gasteiger partial charge in [-0.15, -0.1) is 0 Å². The van der Waals surface area contributed by atoms with Gasteiger partial charge in [0.05, 0.1) is 6.04 Å². The highest BCUT2D eigenvalue weighted by molar-refractivity contribution is 5.97. The van der Waals surface area contributed by atoms with Gasteiger partial charge >= 0.3 is 6.09 Å². The Morgan fingerprint density at radius 3 is 2.13 bits per heavy atom. The van der Waals surface area contributed by atoms with Gasteiger partial charge in [-0.2, -0.15) is 0 Å². The van der Waals surface area contributed by atoms with Crippen molar-refractivity contribution < 1.29 is 24.2 Å². The quantitative estimate of drug-likeness (QED) is 0.677. The Morgan fingerprint density at radius 1 is 1.03 bits per heavy atom. The van der Waals surface area contributed by atoms with Crippen molar-refractivity contribution in [3.63, 3.8) is 0 Å². The third-order valence-corrected chi connectivity index (χ3v) is 4.31. The predicted octanol–water partition coefficient (Wildman–Crippen LogP) is 2.84. The van der Waals surface area contributed by atoms with Crippen LogP contribution >= 0.6 is 0 Å². The summed E-state index contributed by atoms with van der Waals surface area (Å²) in [6.07, 6.45) is -0.0692. The number of rotatable bonds is 7. The van der Waals surface area contributed by atoms with Crippen molar-refractivity contribution in [3.8, 4) is 5.75 Å². The monoisotopic (exact) mass is 412 g/mol. The summed E-state index contributed by atoms with van der Waals surface area (Å²) in [5, 5.41) is 9.41. The van der Waals surface area contributed by atoms with Crippen molar-refractivity contribution in [1.29, 1.82) is 0 Å². The van der Waals surface area contributed by atoms with E-state index in [1.165, 1.54) is 12.1 Å². The number of nitrogens with two attached hydrogens (primary N) is 1. The lowest BCUT2D eigenvalue weighted by atomic mass is 10.0. The predicted molar refractivity (Wildman–Crippen MR) is 113 cm³/mol. The summed E-state index contributed by atoms with van der Waals surface area (Å²) in [6.45, 7) is 5.03. The first-order valence-electron chi connectivity index (χ1n) is 9.69. The second kappa shape index (κ2) is 10.0. The zero-order valence-electron chi connectivity index (χ0n) is 17.4. The van der Waals surface area contributed by atoms with E-state index >= 15 is 0 Å². The molecular weight excluding hydrogens is 384 g/mol. The summed E-state index contributed by atoms with van der Waals surface area (Å²) < 4.78 is 5.38. The minimum Gasteiger partial charge on any atom is -0.508 e. The van der Waals surface area contributed by atoms with Crippen molar-refractivity contribution in [2.75, 3.05) is 0 Å². The minimum atomic E-state index is -1.07. The second-order valence-corrected chi connectivity index (χ2v) is 8.06. The number of carbonyl (C=O) groups is 3. The molecule has 0 unspecified atom stereocenters. The maximum Gasteiger partial charge on any atom is 0.417 e. The number of carbonyl (C=O) groups excluding carboxylic acids is 3. The van der Waals surface area contributed by atoms with Gasteiger partial charge < -0.3 is 20.4 Å². The zero-order chi connectivity index (χ0) is 22.3. The van der Waals surface area contributed by atoms with Crippen molar-refractivity contribution >= 4 is 18.3 Å². The van der Waals surface area contributed by atoms with Gasteiger partial charge in [-0.3, -0.25) is 4.79 Å². The molecule has 0 fully saturated rings. The SMILES string of the molecule is CC(C)(C)OC(=O)N(C(=O)[C@@H](N)Cc1ccc(O)cc1)[C@@H](C=O)Cc1ccccc1. The van der Waals surface area contributed by atoms with Gasteiger partial charge in [0.15, 0.2) is 0 Å². The molecule has 0 aliphatic carbocycles. The number of imide groups is 1. The highest BCUT2D eigenvalue weighted by atomic mass is 16.6. The molecule has 0 radical (unpaired) electrons. The summed E-state index contributed by atoms with van der Waals surface area (Å²) in [4.78, 5) is 38.6. The highest BCUT2D eigenvalue weighted by Crippen LogP contribution is 2.17.